The van der Waals surface area contributed by atoms with Gasteiger partial charge >= 0.3 is 0 Å². The van der Waals surface area contributed by atoms with Gasteiger partial charge in [0, 0.05) is 17.8 Å². The molecule has 1 aliphatic rings. The molecule has 1 heterocycles. The zero-order valence-corrected chi connectivity index (χ0v) is 16.6. The molecule has 148 valence electrons. The first-order valence-electron chi connectivity index (χ1n) is 9.05. The molecule has 0 aliphatic carbocycles. The fourth-order valence-corrected chi connectivity index (χ4v) is 4.16. The van der Waals surface area contributed by atoms with E-state index >= 15 is 0 Å². The van der Waals surface area contributed by atoms with Gasteiger partial charge in [0.05, 0.1) is 4.90 Å². The molecule has 0 saturated carbocycles. The number of rotatable bonds is 5. The number of aryl methyl sites for hydroxylation is 2. The molecule has 3 rings (SSSR count). The molecule has 2 aromatic carbocycles. The van der Waals surface area contributed by atoms with E-state index in [4.69, 9.17) is 0 Å². The van der Waals surface area contributed by atoms with Crippen LogP contribution in [0.4, 0.5) is 5.69 Å². The third-order valence-electron chi connectivity index (χ3n) is 4.62. The number of amides is 2. The van der Waals surface area contributed by atoms with Crippen LogP contribution in [0.2, 0.25) is 0 Å². The normalized spacial score (nSPS) is 16.9. The highest BCUT2D eigenvalue weighted by molar-refractivity contribution is 7.92. The van der Waals surface area contributed by atoms with Gasteiger partial charge in [-0.3, -0.25) is 14.3 Å². The van der Waals surface area contributed by atoms with Crippen molar-refractivity contribution in [3.63, 3.8) is 0 Å². The van der Waals surface area contributed by atoms with Crippen LogP contribution in [0.5, 0.6) is 0 Å². The lowest BCUT2D eigenvalue weighted by atomic mass is 10.0. The van der Waals surface area contributed by atoms with E-state index < -0.39 is 22.0 Å². The molecule has 1 unspecified atom stereocenters. The van der Waals surface area contributed by atoms with Gasteiger partial charge in [-0.25, -0.2) is 8.42 Å². The molecular weight excluding hydrogens is 378 g/mol. The molecule has 28 heavy (non-hydrogen) atoms. The first-order chi connectivity index (χ1) is 13.3. The highest BCUT2D eigenvalue weighted by Crippen LogP contribution is 2.20. The zero-order chi connectivity index (χ0) is 20.3. The van der Waals surface area contributed by atoms with Crippen molar-refractivity contribution in [1.82, 2.24) is 10.6 Å². The second-order valence-electron chi connectivity index (χ2n) is 6.91. The SMILES string of the molecule is Cc1cccc(NS(=O)(=O)c2ccc(C)c(C(=O)NC3CCCNC3=O)c2)c1. The summed E-state index contributed by atoms with van der Waals surface area (Å²) in [6.07, 6.45) is 1.34. The van der Waals surface area contributed by atoms with Gasteiger partial charge in [-0.15, -0.1) is 0 Å². The molecule has 8 heteroatoms. The van der Waals surface area contributed by atoms with E-state index in [9.17, 15) is 18.0 Å². The highest BCUT2D eigenvalue weighted by atomic mass is 32.2. The monoisotopic (exact) mass is 401 g/mol. The van der Waals surface area contributed by atoms with Crippen LogP contribution in [0.3, 0.4) is 0 Å². The summed E-state index contributed by atoms with van der Waals surface area (Å²) < 4.78 is 28.0. The third kappa shape index (κ3) is 4.51. The van der Waals surface area contributed by atoms with Crippen LogP contribution in [-0.4, -0.2) is 32.8 Å². The molecule has 0 bridgehead atoms. The minimum absolute atomic E-state index is 0.0159. The number of sulfonamides is 1. The Morgan fingerprint density at radius 2 is 1.93 bits per heavy atom. The molecule has 1 atom stereocenters. The van der Waals surface area contributed by atoms with Crippen LogP contribution in [0.15, 0.2) is 47.4 Å². The van der Waals surface area contributed by atoms with Gasteiger partial charge in [0.1, 0.15) is 6.04 Å². The molecular formula is C20H23N3O4S. The Balaban J connectivity index is 1.83. The Labute approximate surface area is 164 Å². The summed E-state index contributed by atoms with van der Waals surface area (Å²) in [5, 5.41) is 5.41. The van der Waals surface area contributed by atoms with E-state index in [0.29, 0.717) is 24.2 Å². The maximum absolute atomic E-state index is 12.7. The lowest BCUT2D eigenvalue weighted by molar-refractivity contribution is -0.124. The van der Waals surface area contributed by atoms with Crippen molar-refractivity contribution in [2.75, 3.05) is 11.3 Å². The predicted molar refractivity (Wildman–Crippen MR) is 107 cm³/mol. The van der Waals surface area contributed by atoms with Gasteiger partial charge in [0.2, 0.25) is 5.91 Å². The van der Waals surface area contributed by atoms with E-state index in [1.54, 1.807) is 31.2 Å². The van der Waals surface area contributed by atoms with Gasteiger partial charge < -0.3 is 10.6 Å². The summed E-state index contributed by atoms with van der Waals surface area (Å²) >= 11 is 0. The summed E-state index contributed by atoms with van der Waals surface area (Å²) in [5.74, 6) is -0.686. The Morgan fingerprint density at radius 3 is 2.64 bits per heavy atom. The topological polar surface area (TPSA) is 104 Å². The summed E-state index contributed by atoms with van der Waals surface area (Å²) in [6, 6.07) is 10.8. The molecule has 0 radical (unpaired) electrons. The maximum atomic E-state index is 12.7. The largest absolute Gasteiger partial charge is 0.354 e. The molecule has 2 aromatic rings. The van der Waals surface area contributed by atoms with Gasteiger partial charge in [0.15, 0.2) is 0 Å². The van der Waals surface area contributed by atoms with Crippen molar-refractivity contribution in [3.8, 4) is 0 Å². The Morgan fingerprint density at radius 1 is 1.14 bits per heavy atom. The van der Waals surface area contributed by atoms with Crippen molar-refractivity contribution < 1.29 is 18.0 Å². The standard InChI is InChI=1S/C20H23N3O4S/c1-13-5-3-6-15(11-13)23-28(26,27)16-9-8-14(2)17(12-16)19(24)22-18-7-4-10-21-20(18)25/h3,5-6,8-9,11-12,18,23H,4,7,10H2,1-2H3,(H,21,25)(H,22,24). The fourth-order valence-electron chi connectivity index (χ4n) is 3.08. The van der Waals surface area contributed by atoms with Crippen LogP contribution in [0, 0.1) is 13.8 Å². The minimum Gasteiger partial charge on any atom is -0.354 e. The number of nitrogens with one attached hydrogen (secondary N) is 3. The third-order valence-corrected chi connectivity index (χ3v) is 6.00. The maximum Gasteiger partial charge on any atom is 0.261 e. The summed E-state index contributed by atoms with van der Waals surface area (Å²) in [5.41, 5.74) is 2.23. The summed E-state index contributed by atoms with van der Waals surface area (Å²) in [4.78, 5) is 24.5. The lowest BCUT2D eigenvalue weighted by Gasteiger charge is -2.23. The van der Waals surface area contributed by atoms with Crippen LogP contribution < -0.4 is 15.4 Å². The number of anilines is 1. The Kier molecular flexibility index (Phi) is 5.69. The molecule has 3 N–H and O–H groups in total. The van der Waals surface area contributed by atoms with Gasteiger partial charge in [-0.1, -0.05) is 18.2 Å². The lowest BCUT2D eigenvalue weighted by Crippen LogP contribution is -2.50. The van der Waals surface area contributed by atoms with E-state index in [0.717, 1.165) is 12.0 Å². The fraction of sp³-hybridized carbons (Fsp3) is 0.300. The molecule has 1 fully saturated rings. The highest BCUT2D eigenvalue weighted by Gasteiger charge is 2.25. The second kappa shape index (κ2) is 8.02. The first-order valence-corrected chi connectivity index (χ1v) is 10.5. The number of hydrogen-bond donors (Lipinski definition) is 3. The molecule has 7 nitrogen and oxygen atoms in total. The van der Waals surface area contributed by atoms with Crippen molar-refractivity contribution in [1.29, 1.82) is 0 Å². The molecule has 1 saturated heterocycles. The molecule has 0 aromatic heterocycles. The molecule has 1 aliphatic heterocycles. The molecule has 2 amide bonds. The number of carbonyl (C=O) groups excluding carboxylic acids is 2. The van der Waals surface area contributed by atoms with Gasteiger partial charge in [0.25, 0.3) is 15.9 Å². The van der Waals surface area contributed by atoms with Crippen LogP contribution in [0.1, 0.15) is 34.3 Å². The van der Waals surface area contributed by atoms with Crippen molar-refractivity contribution in [2.24, 2.45) is 0 Å². The summed E-state index contributed by atoms with van der Waals surface area (Å²) in [6.45, 7) is 4.19. The van der Waals surface area contributed by atoms with Crippen molar-refractivity contribution in [3.05, 3.63) is 59.2 Å². The number of carbonyl (C=O) groups is 2. The van der Waals surface area contributed by atoms with Crippen LogP contribution >= 0.6 is 0 Å². The van der Waals surface area contributed by atoms with Gasteiger partial charge in [-0.2, -0.15) is 0 Å². The van der Waals surface area contributed by atoms with Crippen molar-refractivity contribution >= 4 is 27.5 Å². The Bertz CT molecular complexity index is 1020. The quantitative estimate of drug-likeness (QED) is 0.714. The smallest absolute Gasteiger partial charge is 0.261 e. The Hall–Kier alpha value is -2.87. The average Bonchev–Trinajstić information content (AvgIpc) is 2.63. The predicted octanol–water partition coefficient (Wildman–Crippen LogP) is 2.11. The number of piperidine rings is 1. The van der Waals surface area contributed by atoms with E-state index in [2.05, 4.69) is 15.4 Å². The van der Waals surface area contributed by atoms with E-state index in [1.165, 1.54) is 12.1 Å². The average molecular weight is 401 g/mol. The van der Waals surface area contributed by atoms with Crippen LogP contribution in [-0.2, 0) is 14.8 Å². The van der Waals surface area contributed by atoms with Gasteiger partial charge in [-0.05, 0) is 62.1 Å². The first kappa shape index (κ1) is 19.9. The van der Waals surface area contributed by atoms with E-state index in [1.807, 2.05) is 13.0 Å². The number of hydrogen-bond acceptors (Lipinski definition) is 4. The van der Waals surface area contributed by atoms with E-state index in [-0.39, 0.29) is 16.4 Å². The van der Waals surface area contributed by atoms with Crippen LogP contribution in [0.25, 0.3) is 0 Å². The van der Waals surface area contributed by atoms with Crippen molar-refractivity contribution in [2.45, 2.75) is 37.6 Å². The summed E-state index contributed by atoms with van der Waals surface area (Å²) in [7, 11) is -3.86. The second-order valence-corrected chi connectivity index (χ2v) is 8.59. The zero-order valence-electron chi connectivity index (χ0n) is 15.8. The minimum atomic E-state index is -3.86. The molecule has 0 spiro atoms. The number of benzene rings is 2.